The lowest BCUT2D eigenvalue weighted by Gasteiger charge is -2.47. The number of likely N-dealkylation sites (tertiary alicyclic amines) is 1. The predicted molar refractivity (Wildman–Crippen MR) is 146 cm³/mol. The molecule has 1 amide bonds. The second kappa shape index (κ2) is 13.9. The Bertz CT molecular complexity index is 1260. The van der Waals surface area contributed by atoms with Crippen molar-refractivity contribution in [2.45, 2.75) is 56.8 Å². The maximum absolute atomic E-state index is 13.2. The van der Waals surface area contributed by atoms with Gasteiger partial charge in [0.2, 0.25) is 5.91 Å². The molecule has 0 radical (unpaired) electrons. The van der Waals surface area contributed by atoms with E-state index >= 15 is 0 Å². The summed E-state index contributed by atoms with van der Waals surface area (Å²) in [5, 5.41) is 31.7. The monoisotopic (exact) mass is 607 g/mol. The Balaban J connectivity index is 1.87. The minimum atomic E-state index is -2.87. The number of carboxylic acid groups (broad SMARTS) is 2. The highest BCUT2D eigenvalue weighted by atomic mass is 32.1. The van der Waals surface area contributed by atoms with Gasteiger partial charge in [-0.25, -0.2) is 19.4 Å². The molecule has 1 saturated heterocycles. The highest BCUT2D eigenvalue weighted by molar-refractivity contribution is 7.09. The number of thiophene rings is 1. The molecule has 2 heterocycles. The van der Waals surface area contributed by atoms with Crippen LogP contribution in [0.2, 0.25) is 0 Å². The van der Waals surface area contributed by atoms with Gasteiger partial charge in [0, 0.05) is 31.1 Å². The molecule has 14 heteroatoms. The van der Waals surface area contributed by atoms with Crippen LogP contribution in [0.25, 0.3) is 0 Å². The van der Waals surface area contributed by atoms with E-state index in [1.54, 1.807) is 12.1 Å². The molecular formula is C28H35N2O11S+. The van der Waals surface area contributed by atoms with Gasteiger partial charge >= 0.3 is 23.9 Å². The third-order valence-electron chi connectivity index (χ3n) is 7.23. The third-order valence-corrected chi connectivity index (χ3v) is 8.17. The summed E-state index contributed by atoms with van der Waals surface area (Å²) in [5.74, 6) is -5.85. The molecule has 0 aliphatic carbocycles. The maximum atomic E-state index is 13.2. The van der Waals surface area contributed by atoms with Gasteiger partial charge < -0.3 is 20.1 Å². The Morgan fingerprint density at radius 1 is 1.02 bits per heavy atom. The molecule has 1 atom stereocenters. The summed E-state index contributed by atoms with van der Waals surface area (Å²) in [6, 6.07) is 12.8. The minimum absolute atomic E-state index is 0.00385. The van der Waals surface area contributed by atoms with Crippen molar-refractivity contribution in [1.29, 1.82) is 0 Å². The highest BCUT2D eigenvalue weighted by Gasteiger charge is 2.56. The first-order chi connectivity index (χ1) is 19.8. The van der Waals surface area contributed by atoms with Gasteiger partial charge in [0.25, 0.3) is 0 Å². The fourth-order valence-corrected chi connectivity index (χ4v) is 5.70. The van der Waals surface area contributed by atoms with E-state index < -0.39 is 53.8 Å². The lowest BCUT2D eigenvalue weighted by Crippen LogP contribution is -2.66. The number of benzene rings is 1. The Morgan fingerprint density at radius 3 is 2.21 bits per heavy atom. The first-order valence-corrected chi connectivity index (χ1v) is 14.1. The number of hydrogen-bond donors (Lipinski definition) is 3. The number of aliphatic carboxylic acids is 2. The molecule has 1 aromatic carbocycles. The normalized spacial score (nSPS) is 21.5. The third kappa shape index (κ3) is 7.91. The standard InChI is InChI=1S/C28H34N2O11S/c1-20(31)29(40-19-21-7-4-3-5-8-21)27(26(37)39-2)11-14-30(15-12-27,13-10-22-9-6-16-42-22)41-24(34)18-28(38,25(35)36)17-23(32)33/h3-9,16,38H,10-15,17-19H2,1-2H3,(H-,32,33,35,36)/p+1. The summed E-state index contributed by atoms with van der Waals surface area (Å²) in [4.78, 5) is 74.4. The van der Waals surface area contributed by atoms with Crippen LogP contribution in [0, 0.1) is 0 Å². The molecule has 1 aliphatic rings. The molecule has 228 valence electrons. The number of quaternary nitrogens is 1. The second-order valence-corrected chi connectivity index (χ2v) is 11.2. The molecule has 0 saturated carbocycles. The summed E-state index contributed by atoms with van der Waals surface area (Å²) in [6.07, 6.45) is -1.91. The number of hydroxylamine groups is 5. The molecule has 1 aromatic heterocycles. The number of piperidine rings is 1. The summed E-state index contributed by atoms with van der Waals surface area (Å²) >= 11 is 1.49. The van der Waals surface area contributed by atoms with E-state index in [1.807, 2.05) is 35.7 Å². The van der Waals surface area contributed by atoms with Crippen molar-refractivity contribution < 1.29 is 58.4 Å². The van der Waals surface area contributed by atoms with Gasteiger partial charge in [-0.1, -0.05) is 36.4 Å². The topological polar surface area (TPSA) is 177 Å². The molecule has 1 aliphatic heterocycles. The number of rotatable bonds is 14. The van der Waals surface area contributed by atoms with Crippen molar-refractivity contribution in [3.05, 3.63) is 58.3 Å². The molecule has 13 nitrogen and oxygen atoms in total. The Morgan fingerprint density at radius 2 is 1.69 bits per heavy atom. The van der Waals surface area contributed by atoms with E-state index in [0.29, 0.717) is 6.42 Å². The van der Waals surface area contributed by atoms with Gasteiger partial charge in [-0.15, -0.1) is 16.0 Å². The van der Waals surface area contributed by atoms with E-state index in [9.17, 15) is 34.2 Å². The van der Waals surface area contributed by atoms with Crippen LogP contribution in [0.1, 0.15) is 43.0 Å². The number of carbonyl (C=O) groups excluding carboxylic acids is 3. The maximum Gasteiger partial charge on any atom is 0.370 e. The highest BCUT2D eigenvalue weighted by Crippen LogP contribution is 2.36. The van der Waals surface area contributed by atoms with Crippen LogP contribution < -0.4 is 0 Å². The Hall–Kier alpha value is -3.85. The second-order valence-electron chi connectivity index (χ2n) is 10.2. The zero-order valence-electron chi connectivity index (χ0n) is 23.4. The fraction of sp³-hybridized carbons (Fsp3) is 0.464. The summed E-state index contributed by atoms with van der Waals surface area (Å²) in [7, 11) is 1.20. The van der Waals surface area contributed by atoms with E-state index in [2.05, 4.69) is 0 Å². The van der Waals surface area contributed by atoms with E-state index in [4.69, 9.17) is 19.5 Å². The molecular weight excluding hydrogens is 572 g/mol. The largest absolute Gasteiger partial charge is 0.481 e. The first-order valence-electron chi connectivity index (χ1n) is 13.2. The average Bonchev–Trinajstić information content (AvgIpc) is 3.46. The van der Waals surface area contributed by atoms with E-state index in [1.165, 1.54) is 25.4 Å². The molecule has 0 bridgehead atoms. The Labute approximate surface area is 246 Å². The lowest BCUT2D eigenvalue weighted by molar-refractivity contribution is -1.09. The van der Waals surface area contributed by atoms with Gasteiger partial charge in [-0.05, 0) is 17.0 Å². The first kappa shape index (κ1) is 32.7. The predicted octanol–water partition coefficient (Wildman–Crippen LogP) is 1.93. The number of esters is 1. The van der Waals surface area contributed by atoms with Crippen molar-refractivity contribution in [3.63, 3.8) is 0 Å². The number of methoxy groups -OCH3 is 1. The summed E-state index contributed by atoms with van der Waals surface area (Å²) in [6.45, 7) is 1.52. The average molecular weight is 608 g/mol. The summed E-state index contributed by atoms with van der Waals surface area (Å²) in [5.41, 5.74) is -3.65. The van der Waals surface area contributed by atoms with Crippen LogP contribution in [0.4, 0.5) is 0 Å². The van der Waals surface area contributed by atoms with Gasteiger partial charge in [-0.3, -0.25) is 19.3 Å². The van der Waals surface area contributed by atoms with Crippen molar-refractivity contribution in [2.75, 3.05) is 26.7 Å². The fourth-order valence-electron chi connectivity index (χ4n) is 5.00. The van der Waals surface area contributed by atoms with Crippen LogP contribution in [-0.2, 0) is 51.4 Å². The minimum Gasteiger partial charge on any atom is -0.481 e. The number of ether oxygens (including phenoxy) is 1. The van der Waals surface area contributed by atoms with Crippen molar-refractivity contribution in [2.24, 2.45) is 0 Å². The molecule has 1 fully saturated rings. The number of carbonyl (C=O) groups is 5. The number of aliphatic hydroxyl groups is 1. The quantitative estimate of drug-likeness (QED) is 0.162. The number of hydrogen-bond acceptors (Lipinski definition) is 10. The molecule has 3 N–H and O–H groups in total. The van der Waals surface area contributed by atoms with Crippen LogP contribution in [0.15, 0.2) is 47.8 Å². The van der Waals surface area contributed by atoms with Gasteiger partial charge in [0.15, 0.2) is 11.1 Å². The molecule has 0 spiro atoms. The van der Waals surface area contributed by atoms with E-state index in [0.717, 1.165) is 15.5 Å². The van der Waals surface area contributed by atoms with Gasteiger partial charge in [0.05, 0.1) is 20.0 Å². The molecule has 2 aromatic rings. The molecule has 3 rings (SSSR count). The molecule has 1 unspecified atom stereocenters. The van der Waals surface area contributed by atoms with Crippen LogP contribution in [0.5, 0.6) is 0 Å². The smallest absolute Gasteiger partial charge is 0.370 e. The van der Waals surface area contributed by atoms with Crippen molar-refractivity contribution >= 4 is 41.1 Å². The van der Waals surface area contributed by atoms with E-state index in [-0.39, 0.29) is 43.7 Å². The summed E-state index contributed by atoms with van der Waals surface area (Å²) < 4.78 is 4.74. The van der Waals surface area contributed by atoms with Crippen LogP contribution in [0.3, 0.4) is 0 Å². The Kier molecular flexibility index (Phi) is 10.8. The zero-order valence-corrected chi connectivity index (χ0v) is 24.2. The molecule has 42 heavy (non-hydrogen) atoms. The van der Waals surface area contributed by atoms with Gasteiger partial charge in [0.1, 0.15) is 26.2 Å². The number of amides is 1. The number of nitrogens with zero attached hydrogens (tertiary/aromatic N) is 2. The SMILES string of the molecule is COC(=O)C1(N(OCc2ccccc2)C(C)=O)CC[N+](CCc2cccs2)(OC(=O)CC(O)(CC(=O)O)C(=O)O)CC1. The van der Waals surface area contributed by atoms with Crippen molar-refractivity contribution in [1.82, 2.24) is 5.06 Å². The number of carboxylic acids is 2. The van der Waals surface area contributed by atoms with Crippen LogP contribution in [-0.4, -0.2) is 92.7 Å². The van der Waals surface area contributed by atoms with Crippen LogP contribution >= 0.6 is 11.3 Å². The zero-order chi connectivity index (χ0) is 31.0. The van der Waals surface area contributed by atoms with Crippen molar-refractivity contribution in [3.8, 4) is 0 Å². The van der Waals surface area contributed by atoms with Gasteiger partial charge in [-0.2, -0.15) is 0 Å². The lowest BCUT2D eigenvalue weighted by atomic mass is 9.86.